The average Bonchev–Trinajstić information content (AvgIpc) is 3.07. The van der Waals surface area contributed by atoms with Gasteiger partial charge in [0.2, 0.25) is 0 Å². The number of aliphatic hydroxyl groups is 1. The molecule has 2 heterocycles. The van der Waals surface area contributed by atoms with E-state index in [4.69, 9.17) is 18.4 Å². The van der Waals surface area contributed by atoms with E-state index in [1.165, 1.54) is 18.6 Å². The molecule has 1 N–H and O–H groups in total. The van der Waals surface area contributed by atoms with Crippen LogP contribution in [0.25, 0.3) is 0 Å². The summed E-state index contributed by atoms with van der Waals surface area (Å²) >= 11 is 3.82. The summed E-state index contributed by atoms with van der Waals surface area (Å²) in [6.07, 6.45) is -0.847. The Bertz CT molecular complexity index is 807. The van der Waals surface area contributed by atoms with Crippen LogP contribution in [0.3, 0.4) is 0 Å². The van der Waals surface area contributed by atoms with E-state index in [0.29, 0.717) is 4.58 Å². The summed E-state index contributed by atoms with van der Waals surface area (Å²) in [7, 11) is -2.37. The van der Waals surface area contributed by atoms with Crippen LogP contribution < -0.4 is 0 Å². The molecule has 0 spiro atoms. The first-order chi connectivity index (χ1) is 14.6. The molecular formula is C21H32O7S3. The van der Waals surface area contributed by atoms with Gasteiger partial charge in [-0.25, -0.2) is 0 Å². The zero-order valence-corrected chi connectivity index (χ0v) is 20.8. The molecule has 0 aliphatic carbocycles. The molecule has 2 aliphatic rings. The van der Waals surface area contributed by atoms with E-state index < -0.39 is 40.8 Å². The van der Waals surface area contributed by atoms with E-state index in [0.717, 1.165) is 23.5 Å². The Balaban J connectivity index is 1.66. The van der Waals surface area contributed by atoms with Crippen LogP contribution in [0, 0.1) is 6.92 Å². The Morgan fingerprint density at radius 2 is 1.77 bits per heavy atom. The lowest BCUT2D eigenvalue weighted by atomic mass is 10.0. The quantitative estimate of drug-likeness (QED) is 0.522. The van der Waals surface area contributed by atoms with Gasteiger partial charge in [0, 0.05) is 7.11 Å². The number of ether oxygens (including phenoxy) is 3. The Morgan fingerprint density at radius 3 is 2.39 bits per heavy atom. The Kier molecular flexibility index (Phi) is 8.76. The molecule has 0 unspecified atom stereocenters. The molecule has 0 bridgehead atoms. The van der Waals surface area contributed by atoms with Crippen molar-refractivity contribution < 1.29 is 31.9 Å². The van der Waals surface area contributed by atoms with Crippen molar-refractivity contribution in [1.82, 2.24) is 0 Å². The van der Waals surface area contributed by atoms with E-state index in [2.05, 4.69) is 0 Å². The van der Waals surface area contributed by atoms with Crippen LogP contribution >= 0.6 is 23.5 Å². The summed E-state index contributed by atoms with van der Waals surface area (Å²) in [5, 5.41) is 10.8. The largest absolute Gasteiger partial charge is 0.388 e. The smallest absolute Gasteiger partial charge is 0.297 e. The van der Waals surface area contributed by atoms with Crippen LogP contribution in [0.4, 0.5) is 0 Å². The van der Waals surface area contributed by atoms with Crippen LogP contribution in [0.2, 0.25) is 0 Å². The van der Waals surface area contributed by atoms with Crippen molar-refractivity contribution >= 4 is 33.6 Å². The van der Waals surface area contributed by atoms with E-state index in [1.807, 2.05) is 30.4 Å². The maximum atomic E-state index is 12.5. The third-order valence-electron chi connectivity index (χ3n) is 5.24. The summed E-state index contributed by atoms with van der Waals surface area (Å²) in [6, 6.07) is 6.37. The summed E-state index contributed by atoms with van der Waals surface area (Å²) in [5.74, 6) is 1.33. The average molecular weight is 493 g/mol. The molecule has 0 saturated carbocycles. The fourth-order valence-electron chi connectivity index (χ4n) is 3.66. The van der Waals surface area contributed by atoms with Gasteiger partial charge in [0.25, 0.3) is 10.1 Å². The Labute approximate surface area is 193 Å². The molecule has 176 valence electrons. The number of methoxy groups -OCH3 is 1. The minimum atomic E-state index is -3.99. The lowest BCUT2D eigenvalue weighted by Gasteiger charge is -2.31. The Hall–Kier alpha value is -0.330. The standard InChI is InChI=1S/C21H32O7S3/c1-14-6-8-15(9-7-14)31(23,24)26-13-16(22)19-20(28-21(2,3)27-19)17(25-4)12-18-29-10-5-11-30-18/h6-9,16-20,22H,5,10-13H2,1-4H3/t16-,17-,19-,20-/m1/s1. The van der Waals surface area contributed by atoms with Crippen molar-refractivity contribution in [3.8, 4) is 0 Å². The van der Waals surface area contributed by atoms with Crippen LogP contribution in [-0.4, -0.2) is 73.5 Å². The molecule has 7 nitrogen and oxygen atoms in total. The van der Waals surface area contributed by atoms with Crippen molar-refractivity contribution in [2.24, 2.45) is 0 Å². The summed E-state index contributed by atoms with van der Waals surface area (Å²) < 4.78 is 48.3. The van der Waals surface area contributed by atoms with Crippen LogP contribution in [0.15, 0.2) is 29.2 Å². The van der Waals surface area contributed by atoms with E-state index in [-0.39, 0.29) is 11.0 Å². The van der Waals surface area contributed by atoms with E-state index >= 15 is 0 Å². The first kappa shape index (κ1) is 25.3. The molecule has 0 radical (unpaired) electrons. The monoisotopic (exact) mass is 492 g/mol. The lowest BCUT2D eigenvalue weighted by molar-refractivity contribution is -0.162. The number of aliphatic hydroxyl groups excluding tert-OH is 1. The molecule has 2 fully saturated rings. The first-order valence-electron chi connectivity index (χ1n) is 10.4. The minimum absolute atomic E-state index is 0.0480. The zero-order valence-electron chi connectivity index (χ0n) is 18.4. The van der Waals surface area contributed by atoms with Gasteiger partial charge in [-0.05, 0) is 57.3 Å². The SMILES string of the molecule is CO[C@H](CC1SCCCS1)[C@H]1OC(C)(C)O[C@@H]1[C@H](O)COS(=O)(=O)c1ccc(C)cc1. The Morgan fingerprint density at radius 1 is 1.16 bits per heavy atom. The van der Waals surface area contributed by atoms with Gasteiger partial charge in [0.15, 0.2) is 5.79 Å². The van der Waals surface area contributed by atoms with Gasteiger partial charge in [-0.15, -0.1) is 23.5 Å². The van der Waals surface area contributed by atoms with Gasteiger partial charge >= 0.3 is 0 Å². The summed E-state index contributed by atoms with van der Waals surface area (Å²) in [6.45, 7) is 4.98. The van der Waals surface area contributed by atoms with Gasteiger partial charge in [-0.1, -0.05) is 17.7 Å². The van der Waals surface area contributed by atoms with Crippen molar-refractivity contribution in [3.05, 3.63) is 29.8 Å². The second kappa shape index (κ2) is 10.7. The molecule has 3 rings (SSSR count). The maximum absolute atomic E-state index is 12.5. The number of hydrogen-bond acceptors (Lipinski definition) is 9. The fourth-order valence-corrected chi connectivity index (χ4v) is 7.52. The van der Waals surface area contributed by atoms with Gasteiger partial charge in [0.1, 0.15) is 18.3 Å². The highest BCUT2D eigenvalue weighted by Crippen LogP contribution is 2.39. The third kappa shape index (κ3) is 6.83. The molecule has 0 aromatic heterocycles. The molecule has 0 amide bonds. The number of thioether (sulfide) groups is 2. The van der Waals surface area contributed by atoms with Crippen molar-refractivity contribution in [3.63, 3.8) is 0 Å². The van der Waals surface area contributed by atoms with Gasteiger partial charge < -0.3 is 19.3 Å². The molecule has 31 heavy (non-hydrogen) atoms. The predicted octanol–water partition coefficient (Wildman–Crippen LogP) is 3.18. The fraction of sp³-hybridized carbons (Fsp3) is 0.714. The van der Waals surface area contributed by atoms with Crippen molar-refractivity contribution in [2.45, 2.75) is 73.3 Å². The van der Waals surface area contributed by atoms with Crippen molar-refractivity contribution in [2.75, 3.05) is 25.2 Å². The maximum Gasteiger partial charge on any atom is 0.297 e. The third-order valence-corrected chi connectivity index (χ3v) is 9.53. The number of hydrogen-bond donors (Lipinski definition) is 1. The summed E-state index contributed by atoms with van der Waals surface area (Å²) in [4.78, 5) is 0.0480. The highest BCUT2D eigenvalue weighted by molar-refractivity contribution is 8.17. The highest BCUT2D eigenvalue weighted by atomic mass is 32.2. The first-order valence-corrected chi connectivity index (χ1v) is 13.9. The van der Waals surface area contributed by atoms with Gasteiger partial charge in [0.05, 0.1) is 22.2 Å². The topological polar surface area (TPSA) is 91.3 Å². The molecule has 1 aromatic rings. The number of benzene rings is 1. The molecular weight excluding hydrogens is 460 g/mol. The normalized spacial score (nSPS) is 26.6. The molecule has 1 aromatic carbocycles. The van der Waals surface area contributed by atoms with Gasteiger partial charge in [-0.2, -0.15) is 8.42 Å². The van der Waals surface area contributed by atoms with Crippen molar-refractivity contribution in [1.29, 1.82) is 0 Å². The number of rotatable bonds is 9. The minimum Gasteiger partial charge on any atom is -0.388 e. The predicted molar refractivity (Wildman–Crippen MR) is 123 cm³/mol. The van der Waals surface area contributed by atoms with Crippen LogP contribution in [0.5, 0.6) is 0 Å². The van der Waals surface area contributed by atoms with Crippen LogP contribution in [0.1, 0.15) is 32.3 Å². The van der Waals surface area contributed by atoms with E-state index in [1.54, 1.807) is 33.1 Å². The molecule has 2 saturated heterocycles. The summed E-state index contributed by atoms with van der Waals surface area (Å²) in [5.41, 5.74) is 0.945. The van der Waals surface area contributed by atoms with Gasteiger partial charge in [-0.3, -0.25) is 4.18 Å². The second-order valence-corrected chi connectivity index (χ2v) is 12.8. The van der Waals surface area contributed by atoms with E-state index in [9.17, 15) is 13.5 Å². The lowest BCUT2D eigenvalue weighted by Crippen LogP contribution is -2.46. The van der Waals surface area contributed by atoms with Crippen LogP contribution in [-0.2, 0) is 28.5 Å². The molecule has 2 aliphatic heterocycles. The zero-order chi connectivity index (χ0) is 22.6. The second-order valence-electron chi connectivity index (χ2n) is 8.22. The number of aryl methyl sites for hydroxylation is 1. The molecule has 4 atom stereocenters. The highest BCUT2D eigenvalue weighted by Gasteiger charge is 2.49. The molecule has 10 heteroatoms.